The number of piperazine rings is 1. The second kappa shape index (κ2) is 8.79. The first kappa shape index (κ1) is 17.6. The van der Waals surface area contributed by atoms with E-state index < -0.39 is 0 Å². The minimum Gasteiger partial charge on any atom is -0.383 e. The Kier molecular flexibility index (Phi) is 6.73. The highest BCUT2D eigenvalue weighted by Gasteiger charge is 2.20. The average Bonchev–Trinajstić information content (AvgIpc) is 2.55. The summed E-state index contributed by atoms with van der Waals surface area (Å²) < 4.78 is 4.93. The van der Waals surface area contributed by atoms with E-state index in [0.717, 1.165) is 49.9 Å². The molecule has 0 aliphatic carbocycles. The smallest absolute Gasteiger partial charge is 0.234 e. The van der Waals surface area contributed by atoms with Crippen LogP contribution in [-0.4, -0.2) is 73.8 Å². The summed E-state index contributed by atoms with van der Waals surface area (Å²) in [5.41, 5.74) is 1.01. The largest absolute Gasteiger partial charge is 0.383 e. The van der Waals surface area contributed by atoms with Crippen LogP contribution in [-0.2, 0) is 16.0 Å². The maximum atomic E-state index is 11.8. The van der Waals surface area contributed by atoms with Crippen molar-refractivity contribution >= 4 is 11.7 Å². The molecule has 1 amide bonds. The predicted molar refractivity (Wildman–Crippen MR) is 89.7 cm³/mol. The molecule has 0 spiro atoms. The maximum absolute atomic E-state index is 11.8. The number of hydrogen-bond donors (Lipinski definition) is 1. The molecular weight excluding hydrogens is 294 g/mol. The number of anilines is 1. The molecule has 1 saturated heterocycles. The number of nitrogens with zero attached hydrogens (tertiary/aromatic N) is 4. The van der Waals surface area contributed by atoms with E-state index in [-0.39, 0.29) is 5.91 Å². The fraction of sp³-hybridized carbons (Fsp3) is 0.688. The number of nitrogens with one attached hydrogen (secondary N) is 1. The third-order valence-corrected chi connectivity index (χ3v) is 3.90. The maximum Gasteiger partial charge on any atom is 0.234 e. The normalized spacial score (nSPS) is 15.7. The van der Waals surface area contributed by atoms with Crippen LogP contribution < -0.4 is 10.2 Å². The number of rotatable bonds is 7. The van der Waals surface area contributed by atoms with Crippen molar-refractivity contribution in [3.05, 3.63) is 17.6 Å². The van der Waals surface area contributed by atoms with Gasteiger partial charge in [-0.1, -0.05) is 6.92 Å². The zero-order valence-electron chi connectivity index (χ0n) is 14.3. The fourth-order valence-electron chi connectivity index (χ4n) is 2.62. The van der Waals surface area contributed by atoms with E-state index in [4.69, 9.17) is 4.74 Å². The molecule has 7 heteroatoms. The molecule has 2 heterocycles. The predicted octanol–water partition coefficient (Wildman–Crippen LogP) is 0.232. The highest BCUT2D eigenvalue weighted by molar-refractivity contribution is 5.78. The van der Waals surface area contributed by atoms with Gasteiger partial charge in [-0.05, 0) is 6.92 Å². The lowest BCUT2D eigenvalue weighted by molar-refractivity contribution is -0.122. The molecule has 128 valence electrons. The molecule has 0 radical (unpaired) electrons. The molecule has 1 aliphatic heterocycles. The molecule has 2 rings (SSSR count). The number of aryl methyl sites for hydroxylation is 2. The number of carbonyl (C=O) groups is 1. The summed E-state index contributed by atoms with van der Waals surface area (Å²) in [5, 5.41) is 2.86. The van der Waals surface area contributed by atoms with Gasteiger partial charge in [-0.25, -0.2) is 9.97 Å². The molecule has 0 unspecified atom stereocenters. The van der Waals surface area contributed by atoms with Gasteiger partial charge in [0.25, 0.3) is 0 Å². The zero-order chi connectivity index (χ0) is 16.7. The monoisotopic (exact) mass is 321 g/mol. The van der Waals surface area contributed by atoms with Gasteiger partial charge in [-0.15, -0.1) is 0 Å². The Balaban J connectivity index is 1.82. The van der Waals surface area contributed by atoms with Crippen LogP contribution in [0.5, 0.6) is 0 Å². The summed E-state index contributed by atoms with van der Waals surface area (Å²) in [6.07, 6.45) is 0.844. The van der Waals surface area contributed by atoms with Gasteiger partial charge in [-0.2, -0.15) is 0 Å². The molecule has 1 N–H and O–H groups in total. The van der Waals surface area contributed by atoms with E-state index in [1.165, 1.54) is 0 Å². The third-order valence-electron chi connectivity index (χ3n) is 3.90. The van der Waals surface area contributed by atoms with Crippen LogP contribution in [0.4, 0.5) is 5.82 Å². The highest BCUT2D eigenvalue weighted by atomic mass is 16.5. The van der Waals surface area contributed by atoms with Gasteiger partial charge < -0.3 is 15.0 Å². The van der Waals surface area contributed by atoms with E-state index >= 15 is 0 Å². The van der Waals surface area contributed by atoms with Gasteiger partial charge in [0, 0.05) is 58.0 Å². The van der Waals surface area contributed by atoms with Crippen molar-refractivity contribution in [2.75, 3.05) is 57.9 Å². The zero-order valence-corrected chi connectivity index (χ0v) is 14.3. The van der Waals surface area contributed by atoms with Gasteiger partial charge in [-0.3, -0.25) is 9.69 Å². The van der Waals surface area contributed by atoms with Gasteiger partial charge in [0.15, 0.2) is 0 Å². The van der Waals surface area contributed by atoms with Crippen molar-refractivity contribution in [3.63, 3.8) is 0 Å². The fourth-order valence-corrected chi connectivity index (χ4v) is 2.62. The Bertz CT molecular complexity index is 515. The van der Waals surface area contributed by atoms with Crippen molar-refractivity contribution in [2.24, 2.45) is 0 Å². The molecule has 0 saturated carbocycles. The summed E-state index contributed by atoms with van der Waals surface area (Å²) in [7, 11) is 1.63. The molecule has 1 aromatic rings. The lowest BCUT2D eigenvalue weighted by Crippen LogP contribution is -2.50. The molecule has 1 fully saturated rings. The second-order valence-electron chi connectivity index (χ2n) is 5.74. The molecule has 1 aromatic heterocycles. The number of ether oxygens (including phenoxy) is 1. The first-order chi connectivity index (χ1) is 11.1. The number of carbonyl (C=O) groups excluding carboxylic acids is 1. The first-order valence-corrected chi connectivity index (χ1v) is 8.20. The van der Waals surface area contributed by atoms with Crippen LogP contribution >= 0.6 is 0 Å². The first-order valence-electron chi connectivity index (χ1n) is 8.20. The molecule has 7 nitrogen and oxygen atoms in total. The molecule has 1 aliphatic rings. The molecule has 0 atom stereocenters. The summed E-state index contributed by atoms with van der Waals surface area (Å²) in [6, 6.07) is 2.03. The van der Waals surface area contributed by atoms with E-state index in [1.807, 2.05) is 13.0 Å². The third kappa shape index (κ3) is 5.44. The Labute approximate surface area is 138 Å². The van der Waals surface area contributed by atoms with E-state index in [1.54, 1.807) is 7.11 Å². The molecule has 0 aromatic carbocycles. The van der Waals surface area contributed by atoms with Crippen molar-refractivity contribution in [1.82, 2.24) is 20.2 Å². The van der Waals surface area contributed by atoms with Crippen LogP contribution in [0.3, 0.4) is 0 Å². The van der Waals surface area contributed by atoms with Crippen LogP contribution in [0.25, 0.3) is 0 Å². The number of aromatic nitrogens is 2. The average molecular weight is 321 g/mol. The second-order valence-corrected chi connectivity index (χ2v) is 5.74. The van der Waals surface area contributed by atoms with Crippen molar-refractivity contribution < 1.29 is 9.53 Å². The van der Waals surface area contributed by atoms with Gasteiger partial charge >= 0.3 is 0 Å². The van der Waals surface area contributed by atoms with Gasteiger partial charge in [0.1, 0.15) is 11.6 Å². The van der Waals surface area contributed by atoms with Gasteiger partial charge in [0.2, 0.25) is 5.91 Å². The minimum atomic E-state index is 0.0571. The minimum absolute atomic E-state index is 0.0571. The van der Waals surface area contributed by atoms with Crippen LogP contribution in [0.15, 0.2) is 6.07 Å². The molecule has 0 bridgehead atoms. The van der Waals surface area contributed by atoms with E-state index in [2.05, 4.69) is 32.0 Å². The summed E-state index contributed by atoms with van der Waals surface area (Å²) >= 11 is 0. The SMILES string of the molecule is CCc1nc(C)cc(N2CCN(CC(=O)NCCOC)CC2)n1. The van der Waals surface area contributed by atoms with Crippen LogP contribution in [0.1, 0.15) is 18.4 Å². The number of hydrogen-bond acceptors (Lipinski definition) is 6. The highest BCUT2D eigenvalue weighted by Crippen LogP contribution is 2.15. The Hall–Kier alpha value is -1.73. The van der Waals surface area contributed by atoms with E-state index in [9.17, 15) is 4.79 Å². The standard InChI is InChI=1S/C16H27N5O2/c1-4-14-18-13(2)11-15(19-14)21-8-6-20(7-9-21)12-16(22)17-5-10-23-3/h11H,4-10,12H2,1-3H3,(H,17,22). The summed E-state index contributed by atoms with van der Waals surface area (Å²) in [6.45, 7) is 9.12. The van der Waals surface area contributed by atoms with Crippen LogP contribution in [0.2, 0.25) is 0 Å². The lowest BCUT2D eigenvalue weighted by Gasteiger charge is -2.35. The van der Waals surface area contributed by atoms with E-state index in [0.29, 0.717) is 19.7 Å². The molecule has 23 heavy (non-hydrogen) atoms. The summed E-state index contributed by atoms with van der Waals surface area (Å²) in [5.74, 6) is 1.94. The quantitative estimate of drug-likeness (QED) is 0.725. The Morgan fingerprint density at radius 3 is 2.70 bits per heavy atom. The summed E-state index contributed by atoms with van der Waals surface area (Å²) in [4.78, 5) is 25.3. The lowest BCUT2D eigenvalue weighted by atomic mass is 10.3. The Morgan fingerprint density at radius 1 is 1.30 bits per heavy atom. The Morgan fingerprint density at radius 2 is 2.04 bits per heavy atom. The van der Waals surface area contributed by atoms with Crippen LogP contribution in [0, 0.1) is 6.92 Å². The van der Waals surface area contributed by atoms with Crippen molar-refractivity contribution in [3.8, 4) is 0 Å². The van der Waals surface area contributed by atoms with Crippen molar-refractivity contribution in [1.29, 1.82) is 0 Å². The molecular formula is C16H27N5O2. The number of methoxy groups -OCH3 is 1. The van der Waals surface area contributed by atoms with Gasteiger partial charge in [0.05, 0.1) is 13.2 Å². The topological polar surface area (TPSA) is 70.6 Å². The number of amides is 1. The van der Waals surface area contributed by atoms with Crippen molar-refractivity contribution in [2.45, 2.75) is 20.3 Å².